The summed E-state index contributed by atoms with van der Waals surface area (Å²) in [5, 5.41) is 10.9. The number of rotatable bonds is 9. The number of hydrogen-bond donors (Lipinski definition) is 4. The van der Waals surface area contributed by atoms with Gasteiger partial charge in [0.1, 0.15) is 5.25 Å². The molecule has 2 aromatic rings. The van der Waals surface area contributed by atoms with E-state index in [2.05, 4.69) is 5.32 Å². The predicted octanol–water partition coefficient (Wildman–Crippen LogP) is 2.85. The number of hydrogen-bond acceptors (Lipinski definition) is 7. The zero-order valence-electron chi connectivity index (χ0n) is 15.7. The number of aliphatic hydroxyl groups excluding tert-OH is 1. The second-order valence-corrected chi connectivity index (χ2v) is 10.8. The average Bonchev–Trinajstić information content (AvgIpc) is 2.98. The maximum Gasteiger partial charge on any atom is 0.187 e. The number of ether oxygens (including phenoxy) is 1. The molecule has 0 radical (unpaired) electrons. The van der Waals surface area contributed by atoms with Gasteiger partial charge in [0.25, 0.3) is 0 Å². The summed E-state index contributed by atoms with van der Waals surface area (Å²) in [7, 11) is -6.94. The third-order valence-corrected chi connectivity index (χ3v) is 8.79. The van der Waals surface area contributed by atoms with E-state index in [1.807, 2.05) is 0 Å². The molecule has 1 unspecified atom stereocenters. The minimum Gasteiger partial charge on any atom is -0.394 e. The van der Waals surface area contributed by atoms with Crippen LogP contribution in [0.15, 0.2) is 58.3 Å². The maximum atomic E-state index is 13.2. The third kappa shape index (κ3) is 5.31. The van der Waals surface area contributed by atoms with Crippen molar-refractivity contribution in [2.45, 2.75) is 21.6 Å². The van der Waals surface area contributed by atoms with Gasteiger partial charge in [-0.15, -0.1) is 12.4 Å². The second-order valence-electron chi connectivity index (χ2n) is 6.52. The highest BCUT2D eigenvalue weighted by molar-refractivity contribution is 8.25. The van der Waals surface area contributed by atoms with Gasteiger partial charge in [-0.05, 0) is 29.3 Å². The van der Waals surface area contributed by atoms with Crippen LogP contribution in [-0.4, -0.2) is 54.7 Å². The van der Waals surface area contributed by atoms with E-state index < -0.39 is 25.7 Å². The molecule has 0 spiro atoms. The van der Waals surface area contributed by atoms with Crippen molar-refractivity contribution >= 4 is 32.8 Å². The van der Waals surface area contributed by atoms with Gasteiger partial charge in [-0.1, -0.05) is 30.3 Å². The molecule has 0 saturated carbocycles. The standard InChI is InChI=1S/C19H25NO6S2.ClH/c21-10-12-26-11-9-20-13-15-5-4-8-17-19(15)18(14-27(17,22)23)28(24,25)16-6-2-1-3-7-16;/h1-8,18,20-23H,9-14H2;1H. The zero-order chi connectivity index (χ0) is 20.2. The van der Waals surface area contributed by atoms with Crippen LogP contribution in [-0.2, 0) is 21.1 Å². The Morgan fingerprint density at radius 1 is 1.07 bits per heavy atom. The van der Waals surface area contributed by atoms with E-state index >= 15 is 0 Å². The molecule has 0 aromatic heterocycles. The molecule has 10 heteroatoms. The van der Waals surface area contributed by atoms with Crippen LogP contribution in [0.2, 0.25) is 0 Å². The first-order chi connectivity index (χ1) is 13.4. The van der Waals surface area contributed by atoms with Crippen molar-refractivity contribution in [2.75, 3.05) is 32.1 Å². The third-order valence-electron chi connectivity index (χ3n) is 4.63. The predicted molar refractivity (Wildman–Crippen MR) is 116 cm³/mol. The lowest BCUT2D eigenvalue weighted by Gasteiger charge is -2.27. The van der Waals surface area contributed by atoms with E-state index in [-0.39, 0.29) is 36.3 Å². The topological polar surface area (TPSA) is 116 Å². The van der Waals surface area contributed by atoms with Crippen molar-refractivity contribution in [3.8, 4) is 0 Å². The Kier molecular flexibility index (Phi) is 8.50. The SMILES string of the molecule is Cl.O=S(=O)(c1ccccc1)C1CS(O)(O)c2cccc(CNCCOCCO)c21. The Morgan fingerprint density at radius 3 is 2.48 bits per heavy atom. The number of nitrogens with one attached hydrogen (secondary N) is 1. The van der Waals surface area contributed by atoms with E-state index in [9.17, 15) is 17.5 Å². The summed E-state index contributed by atoms with van der Waals surface area (Å²) < 4.78 is 52.7. The van der Waals surface area contributed by atoms with Crippen molar-refractivity contribution in [1.82, 2.24) is 5.32 Å². The average molecular weight is 464 g/mol. The highest BCUT2D eigenvalue weighted by Gasteiger charge is 2.44. The van der Waals surface area contributed by atoms with Crippen molar-refractivity contribution in [2.24, 2.45) is 0 Å². The highest BCUT2D eigenvalue weighted by atomic mass is 35.5. The molecule has 162 valence electrons. The van der Waals surface area contributed by atoms with Crippen molar-refractivity contribution in [3.05, 3.63) is 59.7 Å². The Hall–Kier alpha value is -1.17. The molecule has 1 aliphatic rings. The zero-order valence-corrected chi connectivity index (χ0v) is 18.2. The Bertz CT molecular complexity index is 908. The number of benzene rings is 2. The molecular formula is C19H26ClNO6S2. The molecule has 2 aromatic carbocycles. The first-order valence-corrected chi connectivity index (χ1v) is 12.2. The molecule has 29 heavy (non-hydrogen) atoms. The molecule has 0 bridgehead atoms. The second kappa shape index (κ2) is 10.2. The molecule has 4 N–H and O–H groups in total. The lowest BCUT2D eigenvalue weighted by molar-refractivity contribution is 0.0938. The quantitative estimate of drug-likeness (QED) is 0.422. The summed E-state index contributed by atoms with van der Waals surface area (Å²) in [6, 6.07) is 13.2. The molecule has 1 heterocycles. The molecule has 0 aliphatic carbocycles. The van der Waals surface area contributed by atoms with Crippen LogP contribution in [0.5, 0.6) is 0 Å². The van der Waals surface area contributed by atoms with Gasteiger partial charge in [0, 0.05) is 13.1 Å². The fourth-order valence-corrected chi connectivity index (χ4v) is 7.84. The van der Waals surface area contributed by atoms with Crippen LogP contribution in [0.4, 0.5) is 0 Å². The molecule has 0 amide bonds. The molecular weight excluding hydrogens is 438 g/mol. The van der Waals surface area contributed by atoms with Gasteiger partial charge in [-0.25, -0.2) is 8.42 Å². The van der Waals surface area contributed by atoms with Gasteiger partial charge in [0.15, 0.2) is 9.84 Å². The fraction of sp³-hybridized carbons (Fsp3) is 0.368. The van der Waals surface area contributed by atoms with Crippen LogP contribution in [0.25, 0.3) is 0 Å². The molecule has 0 saturated heterocycles. The first kappa shape index (κ1) is 24.1. The van der Waals surface area contributed by atoms with Gasteiger partial charge in [0.2, 0.25) is 0 Å². The monoisotopic (exact) mass is 463 g/mol. The van der Waals surface area contributed by atoms with Crippen LogP contribution in [0.1, 0.15) is 16.4 Å². The van der Waals surface area contributed by atoms with E-state index in [0.29, 0.717) is 30.2 Å². The van der Waals surface area contributed by atoms with Gasteiger partial charge < -0.3 is 15.2 Å². The minimum absolute atomic E-state index is 0. The van der Waals surface area contributed by atoms with Crippen LogP contribution in [0, 0.1) is 0 Å². The summed E-state index contributed by atoms with van der Waals surface area (Å²) in [6.07, 6.45) is 0. The fourth-order valence-electron chi connectivity index (χ4n) is 3.33. The van der Waals surface area contributed by atoms with Gasteiger partial charge in [-0.2, -0.15) is 10.6 Å². The lowest BCUT2D eigenvalue weighted by Crippen LogP contribution is -2.22. The van der Waals surface area contributed by atoms with Crippen LogP contribution < -0.4 is 5.32 Å². The largest absolute Gasteiger partial charge is 0.394 e. The van der Waals surface area contributed by atoms with Crippen molar-refractivity contribution in [3.63, 3.8) is 0 Å². The normalized spacial score (nSPS) is 18.7. The summed E-state index contributed by atoms with van der Waals surface area (Å²) >= 11 is 0. The Labute approximate surface area is 178 Å². The minimum atomic E-state index is -3.77. The molecule has 1 atom stereocenters. The molecule has 3 rings (SSSR count). The van der Waals surface area contributed by atoms with Crippen molar-refractivity contribution in [1.29, 1.82) is 0 Å². The first-order valence-electron chi connectivity index (χ1n) is 8.94. The Morgan fingerprint density at radius 2 is 1.79 bits per heavy atom. The van der Waals surface area contributed by atoms with Gasteiger partial charge >= 0.3 is 0 Å². The van der Waals surface area contributed by atoms with E-state index in [4.69, 9.17) is 9.84 Å². The number of sulfone groups is 1. The number of aliphatic hydroxyl groups is 1. The lowest BCUT2D eigenvalue weighted by atomic mass is 10.1. The van der Waals surface area contributed by atoms with Crippen LogP contribution >= 0.6 is 23.0 Å². The number of halogens is 1. The van der Waals surface area contributed by atoms with Gasteiger partial charge in [-0.3, -0.25) is 9.11 Å². The molecule has 0 fully saturated rings. The Balaban J connectivity index is 0.00000300. The maximum absolute atomic E-state index is 13.2. The molecule has 7 nitrogen and oxygen atoms in total. The van der Waals surface area contributed by atoms with Gasteiger partial charge in [0.05, 0.1) is 35.4 Å². The van der Waals surface area contributed by atoms with E-state index in [0.717, 1.165) is 5.56 Å². The summed E-state index contributed by atoms with van der Waals surface area (Å²) in [5.74, 6) is -0.226. The van der Waals surface area contributed by atoms with Crippen LogP contribution in [0.3, 0.4) is 0 Å². The molecule has 1 aliphatic heterocycles. The summed E-state index contributed by atoms with van der Waals surface area (Å²) in [4.78, 5) is 0.482. The summed E-state index contributed by atoms with van der Waals surface area (Å²) in [5.41, 5.74) is 1.21. The smallest absolute Gasteiger partial charge is 0.187 e. The summed E-state index contributed by atoms with van der Waals surface area (Å²) in [6.45, 7) is 1.54. The number of fused-ring (bicyclic) bond motifs is 1. The van der Waals surface area contributed by atoms with Crippen molar-refractivity contribution < 1.29 is 27.4 Å². The highest BCUT2D eigenvalue weighted by Crippen LogP contribution is 2.62. The van der Waals surface area contributed by atoms with E-state index in [1.54, 1.807) is 36.4 Å². The van der Waals surface area contributed by atoms with E-state index in [1.165, 1.54) is 12.1 Å².